The van der Waals surface area contributed by atoms with Crippen molar-refractivity contribution < 1.29 is 9.18 Å². The number of nitrogens with two attached hydrogens (primary N) is 1. The SMILES string of the molecule is NNC(=O)c1ccc(F)c(Cn2ccnc2)c1. The normalized spacial score (nSPS) is 10.2. The number of hydrazine groups is 1. The molecule has 0 saturated carbocycles. The van der Waals surface area contributed by atoms with Crippen LogP contribution >= 0.6 is 0 Å². The molecule has 5 nitrogen and oxygen atoms in total. The summed E-state index contributed by atoms with van der Waals surface area (Å²) in [6.45, 7) is 0.317. The molecule has 6 heteroatoms. The molecule has 0 radical (unpaired) electrons. The van der Waals surface area contributed by atoms with Crippen LogP contribution in [0.2, 0.25) is 0 Å². The van der Waals surface area contributed by atoms with E-state index in [4.69, 9.17) is 5.84 Å². The molecule has 0 bridgehead atoms. The van der Waals surface area contributed by atoms with Gasteiger partial charge in [0.05, 0.1) is 12.9 Å². The van der Waals surface area contributed by atoms with Gasteiger partial charge in [-0.05, 0) is 18.2 Å². The van der Waals surface area contributed by atoms with E-state index in [1.807, 2.05) is 5.43 Å². The molecular formula is C11H11FN4O. The first-order chi connectivity index (χ1) is 8.20. The second-order valence-electron chi connectivity index (χ2n) is 3.51. The zero-order valence-electron chi connectivity index (χ0n) is 8.93. The summed E-state index contributed by atoms with van der Waals surface area (Å²) < 4.78 is 15.2. The summed E-state index contributed by atoms with van der Waals surface area (Å²) in [5.41, 5.74) is 2.74. The number of aromatic nitrogens is 2. The van der Waals surface area contributed by atoms with E-state index in [-0.39, 0.29) is 5.82 Å². The molecule has 0 aliphatic carbocycles. The van der Waals surface area contributed by atoms with Gasteiger partial charge in [-0.1, -0.05) is 0 Å². The van der Waals surface area contributed by atoms with Crippen LogP contribution in [-0.2, 0) is 6.54 Å². The topological polar surface area (TPSA) is 72.9 Å². The highest BCUT2D eigenvalue weighted by Crippen LogP contribution is 2.12. The molecule has 0 saturated heterocycles. The summed E-state index contributed by atoms with van der Waals surface area (Å²) in [6.07, 6.45) is 4.90. The monoisotopic (exact) mass is 234 g/mol. The van der Waals surface area contributed by atoms with Gasteiger partial charge < -0.3 is 4.57 Å². The van der Waals surface area contributed by atoms with Gasteiger partial charge in [-0.25, -0.2) is 15.2 Å². The van der Waals surface area contributed by atoms with Crippen LogP contribution in [0.4, 0.5) is 4.39 Å². The Balaban J connectivity index is 2.29. The Kier molecular flexibility index (Phi) is 3.15. The molecule has 1 amide bonds. The van der Waals surface area contributed by atoms with Crippen molar-refractivity contribution in [2.75, 3.05) is 0 Å². The molecule has 2 aromatic rings. The van der Waals surface area contributed by atoms with Crippen LogP contribution in [0.3, 0.4) is 0 Å². The quantitative estimate of drug-likeness (QED) is 0.466. The number of halogens is 1. The van der Waals surface area contributed by atoms with Gasteiger partial charge in [0.15, 0.2) is 0 Å². The van der Waals surface area contributed by atoms with Gasteiger partial charge in [-0.2, -0.15) is 0 Å². The van der Waals surface area contributed by atoms with Crippen LogP contribution in [0.15, 0.2) is 36.9 Å². The summed E-state index contributed by atoms with van der Waals surface area (Å²) in [6, 6.07) is 4.10. The average molecular weight is 234 g/mol. The molecule has 2 rings (SSSR count). The van der Waals surface area contributed by atoms with Crippen molar-refractivity contribution >= 4 is 5.91 Å². The van der Waals surface area contributed by atoms with Gasteiger partial charge in [0, 0.05) is 23.5 Å². The Morgan fingerprint density at radius 2 is 2.35 bits per heavy atom. The number of hydrogen-bond donors (Lipinski definition) is 2. The molecule has 0 aliphatic heterocycles. The third kappa shape index (κ3) is 2.48. The van der Waals surface area contributed by atoms with Crippen LogP contribution < -0.4 is 11.3 Å². The van der Waals surface area contributed by atoms with Crippen molar-refractivity contribution in [3.05, 3.63) is 53.9 Å². The molecule has 88 valence electrons. The van der Waals surface area contributed by atoms with Crippen molar-refractivity contribution in [3.8, 4) is 0 Å². The number of imidazole rings is 1. The lowest BCUT2D eigenvalue weighted by atomic mass is 10.1. The Morgan fingerprint density at radius 1 is 1.53 bits per heavy atom. The summed E-state index contributed by atoms with van der Waals surface area (Å²) >= 11 is 0. The van der Waals surface area contributed by atoms with E-state index in [1.165, 1.54) is 18.2 Å². The number of benzene rings is 1. The first-order valence-electron chi connectivity index (χ1n) is 4.96. The number of carbonyl (C=O) groups excluding carboxylic acids is 1. The highest BCUT2D eigenvalue weighted by atomic mass is 19.1. The Hall–Kier alpha value is -2.21. The second kappa shape index (κ2) is 4.75. The van der Waals surface area contributed by atoms with Crippen molar-refractivity contribution in [1.82, 2.24) is 15.0 Å². The molecule has 3 N–H and O–H groups in total. The van der Waals surface area contributed by atoms with E-state index in [2.05, 4.69) is 4.98 Å². The predicted molar refractivity (Wildman–Crippen MR) is 59.4 cm³/mol. The van der Waals surface area contributed by atoms with Gasteiger partial charge >= 0.3 is 0 Å². The van der Waals surface area contributed by atoms with Crippen LogP contribution in [0.1, 0.15) is 15.9 Å². The number of nitrogens with one attached hydrogen (secondary N) is 1. The largest absolute Gasteiger partial charge is 0.333 e. The molecule has 0 spiro atoms. The first-order valence-corrected chi connectivity index (χ1v) is 4.96. The number of nitrogens with zero attached hydrogens (tertiary/aromatic N) is 2. The summed E-state index contributed by atoms with van der Waals surface area (Å²) in [4.78, 5) is 15.2. The first kappa shape index (κ1) is 11.3. The average Bonchev–Trinajstić information content (AvgIpc) is 2.84. The molecule has 0 unspecified atom stereocenters. The fourth-order valence-electron chi connectivity index (χ4n) is 1.50. The molecule has 1 aromatic heterocycles. The Bertz CT molecular complexity index is 524. The standard InChI is InChI=1S/C11H11FN4O/c12-10-2-1-8(11(17)15-13)5-9(10)6-16-4-3-14-7-16/h1-5,7H,6,13H2,(H,15,17). The van der Waals surface area contributed by atoms with E-state index >= 15 is 0 Å². The number of hydrogen-bond acceptors (Lipinski definition) is 3. The summed E-state index contributed by atoms with van der Waals surface area (Å²) in [5.74, 6) is 4.20. The zero-order chi connectivity index (χ0) is 12.3. The smallest absolute Gasteiger partial charge is 0.265 e. The van der Waals surface area contributed by atoms with Gasteiger partial charge in [0.2, 0.25) is 0 Å². The lowest BCUT2D eigenvalue weighted by molar-refractivity contribution is 0.0953. The van der Waals surface area contributed by atoms with Gasteiger partial charge in [0.1, 0.15) is 5.82 Å². The van der Waals surface area contributed by atoms with Crippen molar-refractivity contribution in [1.29, 1.82) is 0 Å². The Morgan fingerprint density at radius 3 is 3.00 bits per heavy atom. The number of amides is 1. The number of carbonyl (C=O) groups is 1. The molecular weight excluding hydrogens is 223 g/mol. The van der Waals surface area contributed by atoms with E-state index in [0.29, 0.717) is 17.7 Å². The maximum atomic E-state index is 13.5. The fraction of sp³-hybridized carbons (Fsp3) is 0.0909. The van der Waals surface area contributed by atoms with E-state index in [9.17, 15) is 9.18 Å². The summed E-state index contributed by atoms with van der Waals surface area (Å²) in [7, 11) is 0. The van der Waals surface area contributed by atoms with Crippen LogP contribution in [-0.4, -0.2) is 15.5 Å². The third-order valence-corrected chi connectivity index (χ3v) is 2.35. The summed E-state index contributed by atoms with van der Waals surface area (Å²) in [5, 5.41) is 0. The van der Waals surface area contributed by atoms with Crippen LogP contribution in [0, 0.1) is 5.82 Å². The lowest BCUT2D eigenvalue weighted by Crippen LogP contribution is -2.30. The van der Waals surface area contributed by atoms with Crippen molar-refractivity contribution in [2.45, 2.75) is 6.54 Å². The number of nitrogen functional groups attached to an aromatic ring is 1. The fourth-order valence-corrected chi connectivity index (χ4v) is 1.50. The van der Waals surface area contributed by atoms with Gasteiger partial charge in [-0.15, -0.1) is 0 Å². The molecule has 0 aliphatic rings. The van der Waals surface area contributed by atoms with Crippen LogP contribution in [0.25, 0.3) is 0 Å². The molecule has 0 fully saturated rings. The highest BCUT2D eigenvalue weighted by molar-refractivity contribution is 5.93. The van der Waals surface area contributed by atoms with Crippen molar-refractivity contribution in [3.63, 3.8) is 0 Å². The maximum absolute atomic E-state index is 13.5. The Labute approximate surface area is 97.0 Å². The predicted octanol–water partition coefficient (Wildman–Crippen LogP) is 0.674. The minimum Gasteiger partial charge on any atom is -0.333 e. The second-order valence-corrected chi connectivity index (χ2v) is 3.51. The molecule has 1 heterocycles. The highest BCUT2D eigenvalue weighted by Gasteiger charge is 2.08. The van der Waals surface area contributed by atoms with Gasteiger partial charge in [0.25, 0.3) is 5.91 Å². The maximum Gasteiger partial charge on any atom is 0.265 e. The van der Waals surface area contributed by atoms with E-state index in [1.54, 1.807) is 23.3 Å². The third-order valence-electron chi connectivity index (χ3n) is 2.35. The van der Waals surface area contributed by atoms with Crippen molar-refractivity contribution in [2.24, 2.45) is 5.84 Å². The minimum atomic E-state index is -0.447. The van der Waals surface area contributed by atoms with E-state index < -0.39 is 5.91 Å². The lowest BCUT2D eigenvalue weighted by Gasteiger charge is -2.06. The zero-order valence-corrected chi connectivity index (χ0v) is 8.93. The molecule has 0 atom stereocenters. The minimum absolute atomic E-state index is 0.317. The van der Waals surface area contributed by atoms with Gasteiger partial charge in [-0.3, -0.25) is 10.2 Å². The molecule has 1 aromatic carbocycles. The molecule has 17 heavy (non-hydrogen) atoms. The van der Waals surface area contributed by atoms with E-state index in [0.717, 1.165) is 0 Å². The number of rotatable bonds is 3. The van der Waals surface area contributed by atoms with Crippen LogP contribution in [0.5, 0.6) is 0 Å².